The van der Waals surface area contributed by atoms with Crippen LogP contribution in [0.5, 0.6) is 0 Å². The molecule has 0 unspecified atom stereocenters. The van der Waals surface area contributed by atoms with Crippen molar-refractivity contribution in [2.45, 2.75) is 45.1 Å². The molecule has 202 valence electrons. The average Bonchev–Trinajstić information content (AvgIpc) is 2.83. The number of sulfonamides is 1. The van der Waals surface area contributed by atoms with Crippen molar-refractivity contribution in [1.29, 1.82) is 0 Å². The lowest BCUT2D eigenvalue weighted by molar-refractivity contribution is -0.121. The second-order valence-electron chi connectivity index (χ2n) is 8.25. The highest BCUT2D eigenvalue weighted by molar-refractivity contribution is 7.90. The van der Waals surface area contributed by atoms with E-state index in [1.54, 1.807) is 6.07 Å². The fraction of sp³-hybridized carbons (Fsp3) is 0.259. The number of rotatable bonds is 4. The predicted octanol–water partition coefficient (Wildman–Crippen LogP) is 6.28. The molecule has 3 amide bonds. The minimum absolute atomic E-state index is 0. The van der Waals surface area contributed by atoms with Crippen LogP contribution in [-0.4, -0.2) is 31.2 Å². The van der Waals surface area contributed by atoms with Crippen molar-refractivity contribution in [2.24, 2.45) is 0 Å². The van der Waals surface area contributed by atoms with E-state index in [9.17, 15) is 26.8 Å². The van der Waals surface area contributed by atoms with Crippen molar-refractivity contribution in [3.8, 4) is 0 Å². The molecule has 0 radical (unpaired) electrons. The van der Waals surface area contributed by atoms with Gasteiger partial charge in [-0.25, -0.2) is 26.3 Å². The molecule has 0 aromatic heterocycles. The summed E-state index contributed by atoms with van der Waals surface area (Å²) in [4.78, 5) is 24.2. The van der Waals surface area contributed by atoms with Crippen LogP contribution < -0.4 is 10.6 Å². The molecule has 1 aliphatic rings. The van der Waals surface area contributed by atoms with Gasteiger partial charge in [-0.3, -0.25) is 4.79 Å². The lowest BCUT2D eigenvalue weighted by Gasteiger charge is -2.28. The largest absolute Gasteiger partial charge is 0.348 e. The molecule has 0 bridgehead atoms. The molecule has 37 heavy (non-hydrogen) atoms. The summed E-state index contributed by atoms with van der Waals surface area (Å²) < 4.78 is 52.3. The smallest absolute Gasteiger partial charge is 0.336 e. The van der Waals surface area contributed by atoms with Gasteiger partial charge < -0.3 is 10.6 Å². The van der Waals surface area contributed by atoms with Crippen LogP contribution in [0, 0.1) is 18.6 Å². The van der Waals surface area contributed by atoms with E-state index < -0.39 is 46.2 Å². The third-order valence-corrected chi connectivity index (χ3v) is 6.74. The zero-order chi connectivity index (χ0) is 27.6. The standard InChI is InChI=1S/C17H15F2N3O4S.C7H8.C3H8.2H2/c1-10(12-7-6-11(18)8-13(12)19)20-16(23)9-22-17(24)21-14-4-2-3-5-15(14)27(22,25)26;1-7-5-3-2-4-6-7;1-3-2;;/h2-8,10H,9H2,1H3,(H,20,23)(H,21,24);2-6H,1H3;3H2,1-2H3;2*1H/t10-;;;;/m1..../s1. The lowest BCUT2D eigenvalue weighted by atomic mass is 10.1. The molecule has 1 atom stereocenters. The molecule has 2 N–H and O–H groups in total. The highest BCUT2D eigenvalue weighted by atomic mass is 32.2. The molecule has 0 aliphatic carbocycles. The van der Waals surface area contributed by atoms with Crippen LogP contribution in [0.15, 0.2) is 77.7 Å². The Labute approximate surface area is 219 Å². The summed E-state index contributed by atoms with van der Waals surface area (Å²) in [6, 6.07) is 17.1. The number of halogens is 2. The summed E-state index contributed by atoms with van der Waals surface area (Å²) in [5.74, 6) is -2.42. The van der Waals surface area contributed by atoms with E-state index in [-0.39, 0.29) is 19.0 Å². The van der Waals surface area contributed by atoms with Gasteiger partial charge in [0.05, 0.1) is 11.7 Å². The van der Waals surface area contributed by atoms with Crippen molar-refractivity contribution in [1.82, 2.24) is 9.62 Å². The average molecular weight is 536 g/mol. The zero-order valence-electron chi connectivity index (χ0n) is 21.2. The van der Waals surface area contributed by atoms with Crippen molar-refractivity contribution in [2.75, 3.05) is 11.9 Å². The third kappa shape index (κ3) is 8.11. The maximum atomic E-state index is 13.8. The molecule has 0 saturated heterocycles. The summed E-state index contributed by atoms with van der Waals surface area (Å²) in [5.41, 5.74) is 1.48. The van der Waals surface area contributed by atoms with Gasteiger partial charge in [-0.2, -0.15) is 0 Å². The number of anilines is 1. The predicted molar refractivity (Wildman–Crippen MR) is 144 cm³/mol. The van der Waals surface area contributed by atoms with Crippen LogP contribution in [-0.2, 0) is 14.8 Å². The Kier molecular flexibility index (Phi) is 10.7. The Morgan fingerprint density at radius 1 is 1.03 bits per heavy atom. The Hall–Kier alpha value is -3.79. The second-order valence-corrected chi connectivity index (χ2v) is 10.1. The van der Waals surface area contributed by atoms with E-state index in [1.165, 1.54) is 43.2 Å². The van der Waals surface area contributed by atoms with Crippen molar-refractivity contribution >= 4 is 27.6 Å². The SMILES string of the molecule is CCC.C[C@@H](NC(=O)CN1C(=O)Nc2ccccc2S1(=O)=O)c1ccc(F)cc1F.Cc1ccccc1.[HH].[HH]. The molecule has 10 heteroatoms. The van der Waals surface area contributed by atoms with Crippen LogP contribution in [0.25, 0.3) is 0 Å². The van der Waals surface area contributed by atoms with E-state index in [4.69, 9.17) is 0 Å². The van der Waals surface area contributed by atoms with Gasteiger partial charge in [0.2, 0.25) is 5.91 Å². The number of carbonyl (C=O) groups excluding carboxylic acids is 2. The van der Waals surface area contributed by atoms with Crippen LogP contribution in [0.4, 0.5) is 19.3 Å². The Bertz CT molecular complexity index is 1330. The summed E-state index contributed by atoms with van der Waals surface area (Å²) in [6.45, 7) is 7.00. The quantitative estimate of drug-likeness (QED) is 0.411. The van der Waals surface area contributed by atoms with Crippen LogP contribution >= 0.6 is 0 Å². The monoisotopic (exact) mass is 535 g/mol. The van der Waals surface area contributed by atoms with Crippen molar-refractivity contribution in [3.05, 3.63) is 95.6 Å². The first-order chi connectivity index (χ1) is 17.5. The highest BCUT2D eigenvalue weighted by Gasteiger charge is 2.37. The first-order valence-corrected chi connectivity index (χ1v) is 13.1. The molecule has 0 fully saturated rings. The molecule has 1 aliphatic heterocycles. The summed E-state index contributed by atoms with van der Waals surface area (Å²) in [6.07, 6.45) is 1.25. The third-order valence-electron chi connectivity index (χ3n) is 4.96. The normalized spacial score (nSPS) is 14.0. The number of benzene rings is 3. The first-order valence-electron chi connectivity index (χ1n) is 11.7. The van der Waals surface area contributed by atoms with Crippen LogP contribution in [0.3, 0.4) is 0 Å². The number of amides is 3. The van der Waals surface area contributed by atoms with E-state index in [2.05, 4.69) is 43.5 Å². The zero-order valence-corrected chi connectivity index (χ0v) is 22.0. The van der Waals surface area contributed by atoms with Gasteiger partial charge in [0.15, 0.2) is 0 Å². The first kappa shape index (κ1) is 29.4. The summed E-state index contributed by atoms with van der Waals surface area (Å²) >= 11 is 0. The van der Waals surface area contributed by atoms with Gasteiger partial charge >= 0.3 is 6.03 Å². The molecule has 7 nitrogen and oxygen atoms in total. The number of carbonyl (C=O) groups is 2. The number of hydrogen-bond acceptors (Lipinski definition) is 4. The maximum absolute atomic E-state index is 13.8. The van der Waals surface area contributed by atoms with E-state index in [1.807, 2.05) is 18.2 Å². The molecule has 3 aromatic carbocycles. The van der Waals surface area contributed by atoms with E-state index >= 15 is 0 Å². The minimum Gasteiger partial charge on any atom is -0.348 e. The summed E-state index contributed by atoms with van der Waals surface area (Å²) in [7, 11) is -4.20. The van der Waals surface area contributed by atoms with Gasteiger partial charge in [0, 0.05) is 14.5 Å². The molecule has 3 aromatic rings. The van der Waals surface area contributed by atoms with Gasteiger partial charge in [0.1, 0.15) is 23.1 Å². The summed E-state index contributed by atoms with van der Waals surface area (Å²) in [5, 5.41) is 4.80. The molecular formula is C27H35F2N3O4S. The highest BCUT2D eigenvalue weighted by Crippen LogP contribution is 2.29. The fourth-order valence-corrected chi connectivity index (χ4v) is 4.68. The Morgan fingerprint density at radius 2 is 1.62 bits per heavy atom. The van der Waals surface area contributed by atoms with E-state index in [0.29, 0.717) is 10.4 Å². The lowest BCUT2D eigenvalue weighted by Crippen LogP contribution is -2.48. The second kappa shape index (κ2) is 13.5. The number of aryl methyl sites for hydroxylation is 1. The Morgan fingerprint density at radius 3 is 2.19 bits per heavy atom. The topological polar surface area (TPSA) is 95.6 Å². The fourth-order valence-electron chi connectivity index (χ4n) is 3.24. The number of hydrogen-bond donors (Lipinski definition) is 2. The molecule has 0 saturated carbocycles. The molecule has 0 spiro atoms. The van der Waals surface area contributed by atoms with Gasteiger partial charge in [-0.05, 0) is 32.0 Å². The number of urea groups is 1. The van der Waals surface area contributed by atoms with Gasteiger partial charge in [-0.15, -0.1) is 0 Å². The van der Waals surface area contributed by atoms with Crippen molar-refractivity contribution in [3.63, 3.8) is 0 Å². The van der Waals surface area contributed by atoms with Gasteiger partial charge in [0.25, 0.3) is 10.0 Å². The Balaban J connectivity index is 0.00000102. The van der Waals surface area contributed by atoms with Gasteiger partial charge in [-0.1, -0.05) is 74.4 Å². The molecule has 4 rings (SSSR count). The number of fused-ring (bicyclic) bond motifs is 1. The molecule has 1 heterocycles. The van der Waals surface area contributed by atoms with Crippen LogP contribution in [0.2, 0.25) is 0 Å². The number of para-hydroxylation sites is 1. The van der Waals surface area contributed by atoms with Crippen LogP contribution in [0.1, 0.15) is 47.2 Å². The van der Waals surface area contributed by atoms with Crippen molar-refractivity contribution < 1.29 is 29.6 Å². The molecular weight excluding hydrogens is 500 g/mol. The number of nitrogens with zero attached hydrogens (tertiary/aromatic N) is 1. The van der Waals surface area contributed by atoms with E-state index in [0.717, 1.165) is 6.07 Å². The maximum Gasteiger partial charge on any atom is 0.336 e. The number of nitrogens with one attached hydrogen (secondary N) is 2. The minimum atomic E-state index is -4.20.